The summed E-state index contributed by atoms with van der Waals surface area (Å²) in [6, 6.07) is 8.50. The smallest absolute Gasteiger partial charge is 0.364 e. The van der Waals surface area contributed by atoms with E-state index in [-0.39, 0.29) is 16.1 Å². The fourth-order valence-corrected chi connectivity index (χ4v) is 4.40. The maximum Gasteiger partial charge on any atom is 0.524 e. The lowest BCUT2D eigenvalue weighted by Gasteiger charge is -2.54. The summed E-state index contributed by atoms with van der Waals surface area (Å²) in [4.78, 5) is 24.8. The predicted molar refractivity (Wildman–Crippen MR) is 104 cm³/mol. The van der Waals surface area contributed by atoms with Crippen LogP contribution in [0.5, 0.6) is 0 Å². The minimum absolute atomic E-state index is 0.177. The molecule has 0 radical (unpaired) electrons. The van der Waals surface area contributed by atoms with Crippen LogP contribution in [-0.2, 0) is 23.9 Å². The maximum atomic E-state index is 13.1. The Morgan fingerprint density at radius 1 is 1.20 bits per heavy atom. The Morgan fingerprint density at radius 3 is 2.57 bits per heavy atom. The third kappa shape index (κ3) is 3.15. The first-order chi connectivity index (χ1) is 13.9. The first kappa shape index (κ1) is 20.7. The first-order valence-electron chi connectivity index (χ1n) is 9.34. The SMILES string of the molecule is CC1(C)OC(=O)[N+]12CCc1ccc(NC(=O)c3cccc(C(F)(F)F)c3Cl)cc1C2. The van der Waals surface area contributed by atoms with Crippen molar-refractivity contribution in [3.05, 3.63) is 63.7 Å². The number of anilines is 1. The van der Waals surface area contributed by atoms with Gasteiger partial charge in [-0.05, 0) is 29.8 Å². The summed E-state index contributed by atoms with van der Waals surface area (Å²) in [6.45, 7) is 4.78. The number of cyclic esters (lactones) is 1. The van der Waals surface area contributed by atoms with Gasteiger partial charge in [0, 0.05) is 31.5 Å². The van der Waals surface area contributed by atoms with E-state index < -0.39 is 28.4 Å². The monoisotopic (exact) mass is 439 g/mol. The van der Waals surface area contributed by atoms with Gasteiger partial charge >= 0.3 is 12.3 Å². The second kappa shape index (κ2) is 6.72. The Hall–Kier alpha value is -2.58. The van der Waals surface area contributed by atoms with Crippen molar-refractivity contribution in [2.24, 2.45) is 0 Å². The summed E-state index contributed by atoms with van der Waals surface area (Å²) in [5, 5.41) is 1.97. The lowest BCUT2D eigenvalue weighted by Crippen LogP contribution is -2.76. The van der Waals surface area contributed by atoms with Gasteiger partial charge in [-0.25, -0.2) is 0 Å². The highest BCUT2D eigenvalue weighted by atomic mass is 35.5. The van der Waals surface area contributed by atoms with E-state index in [1.54, 1.807) is 12.1 Å². The van der Waals surface area contributed by atoms with Gasteiger partial charge in [-0.3, -0.25) is 4.79 Å². The van der Waals surface area contributed by atoms with Crippen molar-refractivity contribution >= 4 is 29.3 Å². The second-order valence-electron chi connectivity index (χ2n) is 8.02. The van der Waals surface area contributed by atoms with E-state index in [1.165, 1.54) is 6.07 Å². The van der Waals surface area contributed by atoms with Crippen LogP contribution in [0.15, 0.2) is 36.4 Å². The van der Waals surface area contributed by atoms with Crippen molar-refractivity contribution in [1.82, 2.24) is 0 Å². The number of amides is 2. The van der Waals surface area contributed by atoms with Crippen molar-refractivity contribution in [1.29, 1.82) is 0 Å². The van der Waals surface area contributed by atoms with Gasteiger partial charge in [0.15, 0.2) is 0 Å². The largest absolute Gasteiger partial charge is 0.524 e. The van der Waals surface area contributed by atoms with Crippen LogP contribution >= 0.6 is 11.6 Å². The molecule has 2 aliphatic rings. The molecule has 9 heteroatoms. The highest BCUT2D eigenvalue weighted by Gasteiger charge is 2.65. The topological polar surface area (TPSA) is 55.4 Å². The minimum atomic E-state index is -4.66. The Balaban J connectivity index is 1.59. The quantitative estimate of drug-likeness (QED) is 0.640. The number of alkyl halides is 3. The van der Waals surface area contributed by atoms with Crippen molar-refractivity contribution < 1.29 is 32.0 Å². The molecule has 2 aromatic carbocycles. The van der Waals surface area contributed by atoms with Crippen LogP contribution in [0.1, 0.15) is 40.9 Å². The number of rotatable bonds is 2. The molecule has 1 spiro atoms. The van der Waals surface area contributed by atoms with E-state index in [4.69, 9.17) is 16.3 Å². The number of hydrogen-bond donors (Lipinski definition) is 1. The van der Waals surface area contributed by atoms with Crippen LogP contribution in [-0.4, -0.2) is 28.8 Å². The molecular formula is C21H19ClF3N2O3+. The Morgan fingerprint density at radius 2 is 1.93 bits per heavy atom. The van der Waals surface area contributed by atoms with Gasteiger partial charge in [-0.2, -0.15) is 22.4 Å². The van der Waals surface area contributed by atoms with Crippen LogP contribution in [0.3, 0.4) is 0 Å². The number of halogens is 4. The lowest BCUT2D eigenvalue weighted by atomic mass is 9.93. The van der Waals surface area contributed by atoms with Gasteiger partial charge in [0.05, 0.1) is 22.7 Å². The van der Waals surface area contributed by atoms with Crippen LogP contribution in [0.2, 0.25) is 5.02 Å². The minimum Gasteiger partial charge on any atom is -0.364 e. The van der Waals surface area contributed by atoms with Crippen molar-refractivity contribution in [3.63, 3.8) is 0 Å². The number of quaternary nitrogens is 1. The van der Waals surface area contributed by atoms with E-state index in [2.05, 4.69) is 5.32 Å². The van der Waals surface area contributed by atoms with E-state index in [1.807, 2.05) is 19.9 Å². The van der Waals surface area contributed by atoms with Gasteiger partial charge in [-0.1, -0.05) is 23.7 Å². The summed E-state index contributed by atoms with van der Waals surface area (Å²) in [7, 11) is 0. The Labute approximate surface area is 176 Å². The number of hydrogen-bond acceptors (Lipinski definition) is 3. The van der Waals surface area contributed by atoms with Crippen LogP contribution in [0.4, 0.5) is 23.7 Å². The summed E-state index contributed by atoms with van der Waals surface area (Å²) >= 11 is 5.85. The average molecular weight is 440 g/mol. The molecule has 0 aromatic heterocycles. The molecule has 1 N–H and O–H groups in total. The molecule has 0 aliphatic carbocycles. The fraction of sp³-hybridized carbons (Fsp3) is 0.333. The zero-order chi connectivity index (χ0) is 21.9. The van der Waals surface area contributed by atoms with Crippen LogP contribution in [0.25, 0.3) is 0 Å². The number of benzene rings is 2. The number of nitrogens with one attached hydrogen (secondary N) is 1. The molecule has 0 saturated carbocycles. The molecule has 0 bridgehead atoms. The number of ether oxygens (including phenoxy) is 1. The Kier molecular flexibility index (Phi) is 4.63. The predicted octanol–water partition coefficient (Wildman–Crippen LogP) is 5.37. The molecule has 1 saturated heterocycles. The van der Waals surface area contributed by atoms with Gasteiger partial charge < -0.3 is 10.1 Å². The maximum absolute atomic E-state index is 13.1. The average Bonchev–Trinajstić information content (AvgIpc) is 2.66. The summed E-state index contributed by atoms with van der Waals surface area (Å²) in [6.07, 6.45) is -4.26. The van der Waals surface area contributed by atoms with Crippen molar-refractivity contribution in [2.75, 3.05) is 11.9 Å². The van der Waals surface area contributed by atoms with Gasteiger partial charge in [-0.15, -0.1) is 0 Å². The summed E-state index contributed by atoms with van der Waals surface area (Å²) in [5.41, 5.74) is 0.411. The molecule has 2 aliphatic heterocycles. The zero-order valence-electron chi connectivity index (χ0n) is 16.3. The molecule has 2 aromatic rings. The normalized spacial score (nSPS) is 22.1. The summed E-state index contributed by atoms with van der Waals surface area (Å²) in [5.74, 6) is -0.741. The molecular weight excluding hydrogens is 421 g/mol. The lowest BCUT2D eigenvalue weighted by molar-refractivity contribution is -0.990. The number of fused-ring (bicyclic) bond motifs is 1. The molecule has 5 nitrogen and oxygen atoms in total. The molecule has 1 unspecified atom stereocenters. The van der Waals surface area contributed by atoms with Gasteiger partial charge in [0.1, 0.15) is 6.54 Å². The number of nitrogens with zero attached hydrogens (tertiary/aromatic N) is 1. The van der Waals surface area contributed by atoms with E-state index in [0.717, 1.165) is 23.3 Å². The number of carbonyl (C=O) groups is 2. The second-order valence-corrected chi connectivity index (χ2v) is 8.39. The van der Waals surface area contributed by atoms with Gasteiger partial charge in [0.25, 0.3) is 11.6 Å². The van der Waals surface area contributed by atoms with E-state index in [0.29, 0.717) is 25.2 Å². The molecule has 2 heterocycles. The molecule has 1 fully saturated rings. The summed E-state index contributed by atoms with van der Waals surface area (Å²) < 4.78 is 44.6. The zero-order valence-corrected chi connectivity index (χ0v) is 17.0. The van der Waals surface area contributed by atoms with Crippen LogP contribution < -0.4 is 5.32 Å². The molecule has 1 atom stereocenters. The van der Waals surface area contributed by atoms with Crippen LogP contribution in [0, 0.1) is 0 Å². The van der Waals surface area contributed by atoms with Gasteiger partial charge in [0.2, 0.25) is 0 Å². The first-order valence-corrected chi connectivity index (χ1v) is 9.72. The molecule has 158 valence electrons. The Bertz CT molecular complexity index is 1070. The molecule has 4 rings (SSSR count). The number of carbonyl (C=O) groups excluding carboxylic acids is 2. The van der Waals surface area contributed by atoms with Crippen molar-refractivity contribution in [2.45, 2.75) is 38.7 Å². The highest BCUT2D eigenvalue weighted by molar-refractivity contribution is 6.35. The van der Waals surface area contributed by atoms with E-state index >= 15 is 0 Å². The highest BCUT2D eigenvalue weighted by Crippen LogP contribution is 2.44. The van der Waals surface area contributed by atoms with Crippen molar-refractivity contribution in [3.8, 4) is 0 Å². The standard InChI is InChI=1S/C21H18ClF3N2O3/c1-20(2)27(19(29)30-20)9-8-12-6-7-14(10-13(12)11-27)26-18(28)15-4-3-5-16(17(15)22)21(23,24)25/h3-7,10H,8-9,11H2,1-2H3/p+1. The van der Waals surface area contributed by atoms with E-state index in [9.17, 15) is 22.8 Å². The fourth-order valence-electron chi connectivity index (χ4n) is 4.09. The molecule has 30 heavy (non-hydrogen) atoms. The third-order valence-electron chi connectivity index (χ3n) is 5.93. The third-order valence-corrected chi connectivity index (χ3v) is 6.34. The molecule has 2 amide bonds.